The summed E-state index contributed by atoms with van der Waals surface area (Å²) in [5.41, 5.74) is 0. The highest BCUT2D eigenvalue weighted by Gasteiger charge is 2.09. The van der Waals surface area contributed by atoms with Gasteiger partial charge in [-0.2, -0.15) is 0 Å². The Labute approximate surface area is 167 Å². The van der Waals surface area contributed by atoms with Gasteiger partial charge in [0.05, 0.1) is 0 Å². The fraction of sp³-hybridized carbons (Fsp3) is 0.920. The normalized spacial score (nSPS) is 14.4. The second-order valence-electron chi connectivity index (χ2n) is 8.77. The Balaban J connectivity index is 3.46. The standard InChI is InChI=1S/C25H51N/c1-6-8-10-11-14-17-20-24(3)21-18-15-12-13-16-19-23-25(26(4)5)22-9-7-2/h14,17,24-25H,6-13,15-16,18-23H2,1-5H3/b17-14-. The fourth-order valence-electron chi connectivity index (χ4n) is 3.76. The molecular weight excluding hydrogens is 314 g/mol. The lowest BCUT2D eigenvalue weighted by molar-refractivity contribution is 0.253. The first-order chi connectivity index (χ1) is 12.6. The molecule has 0 rings (SSSR count). The fourth-order valence-corrected chi connectivity index (χ4v) is 3.76. The van der Waals surface area contributed by atoms with Crippen LogP contribution in [0.1, 0.15) is 124 Å². The quantitative estimate of drug-likeness (QED) is 0.164. The van der Waals surface area contributed by atoms with E-state index in [-0.39, 0.29) is 0 Å². The minimum absolute atomic E-state index is 0.811. The third-order valence-corrected chi connectivity index (χ3v) is 5.78. The third kappa shape index (κ3) is 17.1. The van der Waals surface area contributed by atoms with Crippen molar-refractivity contribution in [3.63, 3.8) is 0 Å². The van der Waals surface area contributed by atoms with E-state index >= 15 is 0 Å². The molecule has 0 aliphatic rings. The maximum Gasteiger partial charge on any atom is 0.00891 e. The summed E-state index contributed by atoms with van der Waals surface area (Å²) < 4.78 is 0. The Morgan fingerprint density at radius 2 is 1.23 bits per heavy atom. The summed E-state index contributed by atoms with van der Waals surface area (Å²) in [5, 5.41) is 0. The highest BCUT2D eigenvalue weighted by molar-refractivity contribution is 4.83. The Kier molecular flexibility index (Phi) is 19.2. The number of rotatable bonds is 19. The van der Waals surface area contributed by atoms with Crippen LogP contribution in [-0.2, 0) is 0 Å². The highest BCUT2D eigenvalue weighted by Crippen LogP contribution is 2.17. The van der Waals surface area contributed by atoms with Gasteiger partial charge in [0, 0.05) is 6.04 Å². The van der Waals surface area contributed by atoms with E-state index < -0.39 is 0 Å². The van der Waals surface area contributed by atoms with Crippen molar-refractivity contribution in [2.75, 3.05) is 14.1 Å². The monoisotopic (exact) mass is 365 g/mol. The molecule has 0 bridgehead atoms. The summed E-state index contributed by atoms with van der Waals surface area (Å²) in [6.07, 6.45) is 27.0. The minimum Gasteiger partial charge on any atom is -0.306 e. The summed E-state index contributed by atoms with van der Waals surface area (Å²) in [7, 11) is 4.50. The van der Waals surface area contributed by atoms with E-state index in [0.29, 0.717) is 0 Å². The molecule has 0 aliphatic heterocycles. The van der Waals surface area contributed by atoms with Crippen molar-refractivity contribution in [2.24, 2.45) is 5.92 Å². The average molecular weight is 366 g/mol. The number of allylic oxidation sites excluding steroid dienone is 2. The predicted octanol–water partition coefficient (Wildman–Crippen LogP) is 8.39. The van der Waals surface area contributed by atoms with Gasteiger partial charge in [-0.1, -0.05) is 104 Å². The van der Waals surface area contributed by atoms with Gasteiger partial charge in [0.15, 0.2) is 0 Å². The zero-order valence-electron chi connectivity index (χ0n) is 19.1. The second kappa shape index (κ2) is 19.5. The van der Waals surface area contributed by atoms with Gasteiger partial charge in [-0.05, 0) is 52.1 Å². The molecule has 26 heavy (non-hydrogen) atoms. The molecule has 0 aromatic rings. The van der Waals surface area contributed by atoms with Crippen LogP contribution in [0.3, 0.4) is 0 Å². The molecule has 2 atom stereocenters. The first-order valence-electron chi connectivity index (χ1n) is 11.9. The maximum atomic E-state index is 2.44. The van der Waals surface area contributed by atoms with Crippen LogP contribution in [0.2, 0.25) is 0 Å². The zero-order valence-corrected chi connectivity index (χ0v) is 19.1. The second-order valence-corrected chi connectivity index (χ2v) is 8.77. The van der Waals surface area contributed by atoms with Crippen molar-refractivity contribution in [1.82, 2.24) is 4.90 Å². The SMILES string of the molecule is CCCCC/C=C\CC(C)CCCCCCCCC(CCCC)N(C)C. The van der Waals surface area contributed by atoms with Crippen molar-refractivity contribution >= 4 is 0 Å². The molecule has 0 saturated heterocycles. The Morgan fingerprint density at radius 1 is 0.654 bits per heavy atom. The van der Waals surface area contributed by atoms with Crippen LogP contribution in [0.5, 0.6) is 0 Å². The van der Waals surface area contributed by atoms with Crippen LogP contribution in [0.15, 0.2) is 12.2 Å². The molecule has 2 unspecified atom stereocenters. The molecule has 0 aliphatic carbocycles. The zero-order chi connectivity index (χ0) is 19.5. The summed E-state index contributed by atoms with van der Waals surface area (Å²) in [6.45, 7) is 7.01. The van der Waals surface area contributed by atoms with Crippen molar-refractivity contribution in [3.05, 3.63) is 12.2 Å². The molecule has 0 aromatic carbocycles. The van der Waals surface area contributed by atoms with Gasteiger partial charge in [-0.25, -0.2) is 0 Å². The molecular formula is C25H51N. The first kappa shape index (κ1) is 25.7. The van der Waals surface area contributed by atoms with E-state index in [1.165, 1.54) is 103 Å². The minimum atomic E-state index is 0.811. The lowest BCUT2D eigenvalue weighted by Gasteiger charge is -2.24. The van der Waals surface area contributed by atoms with E-state index in [9.17, 15) is 0 Å². The van der Waals surface area contributed by atoms with Crippen LogP contribution in [0.4, 0.5) is 0 Å². The molecule has 1 nitrogen and oxygen atoms in total. The van der Waals surface area contributed by atoms with Gasteiger partial charge in [0.25, 0.3) is 0 Å². The largest absolute Gasteiger partial charge is 0.306 e. The van der Waals surface area contributed by atoms with Crippen LogP contribution < -0.4 is 0 Å². The molecule has 0 fully saturated rings. The first-order valence-corrected chi connectivity index (χ1v) is 11.9. The molecule has 0 N–H and O–H groups in total. The molecule has 156 valence electrons. The van der Waals surface area contributed by atoms with E-state index in [2.05, 4.69) is 51.9 Å². The number of nitrogens with zero attached hydrogens (tertiary/aromatic N) is 1. The molecule has 1 heteroatoms. The predicted molar refractivity (Wildman–Crippen MR) is 121 cm³/mol. The van der Waals surface area contributed by atoms with Crippen molar-refractivity contribution in [2.45, 2.75) is 130 Å². The van der Waals surface area contributed by atoms with E-state index in [1.807, 2.05) is 0 Å². The third-order valence-electron chi connectivity index (χ3n) is 5.78. The molecule has 0 amide bonds. The summed E-state index contributed by atoms with van der Waals surface area (Å²) >= 11 is 0. The van der Waals surface area contributed by atoms with Crippen molar-refractivity contribution < 1.29 is 0 Å². The van der Waals surface area contributed by atoms with Gasteiger partial charge in [-0.15, -0.1) is 0 Å². The summed E-state index contributed by atoms with van der Waals surface area (Å²) in [5.74, 6) is 0.872. The molecule has 0 saturated carbocycles. The number of unbranched alkanes of at least 4 members (excludes halogenated alkanes) is 9. The van der Waals surface area contributed by atoms with E-state index in [0.717, 1.165) is 12.0 Å². The van der Waals surface area contributed by atoms with Crippen LogP contribution >= 0.6 is 0 Å². The molecule has 0 heterocycles. The van der Waals surface area contributed by atoms with Gasteiger partial charge >= 0.3 is 0 Å². The highest BCUT2D eigenvalue weighted by atomic mass is 15.1. The van der Waals surface area contributed by atoms with Gasteiger partial charge in [0.2, 0.25) is 0 Å². The van der Waals surface area contributed by atoms with Crippen LogP contribution in [-0.4, -0.2) is 25.0 Å². The Bertz CT molecular complexity index is 295. The smallest absolute Gasteiger partial charge is 0.00891 e. The summed E-state index contributed by atoms with van der Waals surface area (Å²) in [4.78, 5) is 2.44. The lowest BCUT2D eigenvalue weighted by atomic mass is 9.97. The van der Waals surface area contributed by atoms with E-state index in [1.54, 1.807) is 0 Å². The van der Waals surface area contributed by atoms with Gasteiger partial charge < -0.3 is 4.90 Å². The van der Waals surface area contributed by atoms with Crippen molar-refractivity contribution in [3.8, 4) is 0 Å². The topological polar surface area (TPSA) is 3.24 Å². The van der Waals surface area contributed by atoms with E-state index in [4.69, 9.17) is 0 Å². The number of hydrogen-bond acceptors (Lipinski definition) is 1. The summed E-state index contributed by atoms with van der Waals surface area (Å²) in [6, 6.07) is 0.811. The van der Waals surface area contributed by atoms with Crippen molar-refractivity contribution in [1.29, 1.82) is 0 Å². The van der Waals surface area contributed by atoms with Crippen LogP contribution in [0.25, 0.3) is 0 Å². The van der Waals surface area contributed by atoms with Crippen LogP contribution in [0, 0.1) is 5.92 Å². The lowest BCUT2D eigenvalue weighted by Crippen LogP contribution is -2.27. The van der Waals surface area contributed by atoms with Gasteiger partial charge in [0.1, 0.15) is 0 Å². The Morgan fingerprint density at radius 3 is 1.85 bits per heavy atom. The molecule has 0 aromatic heterocycles. The number of hydrogen-bond donors (Lipinski definition) is 0. The average Bonchev–Trinajstić information content (AvgIpc) is 2.62. The molecule has 0 spiro atoms. The maximum absolute atomic E-state index is 2.44. The molecule has 0 radical (unpaired) electrons. The van der Waals surface area contributed by atoms with Gasteiger partial charge in [-0.3, -0.25) is 0 Å². The Hall–Kier alpha value is -0.300.